The number of nitrogens with zero attached hydrogens (tertiary/aromatic N) is 1. The maximum absolute atomic E-state index is 14.0. The summed E-state index contributed by atoms with van der Waals surface area (Å²) in [7, 11) is 3.10. The van der Waals surface area contributed by atoms with Crippen molar-refractivity contribution in [2.45, 2.75) is 12.3 Å². The minimum Gasteiger partial charge on any atom is -0.497 e. The Balaban J connectivity index is 1.94. The first-order valence-electron chi connectivity index (χ1n) is 7.51. The normalized spacial score (nSPS) is 17.2. The van der Waals surface area contributed by atoms with Gasteiger partial charge in [-0.25, -0.2) is 4.39 Å². The van der Waals surface area contributed by atoms with Crippen LogP contribution in [0.3, 0.4) is 0 Å². The molecule has 1 aliphatic heterocycles. The molecule has 3 rings (SSSR count). The summed E-state index contributed by atoms with van der Waals surface area (Å²) in [6.07, 6.45) is 0.858. The summed E-state index contributed by atoms with van der Waals surface area (Å²) in [6.45, 7) is 0.762. The van der Waals surface area contributed by atoms with Crippen LogP contribution in [0.1, 0.15) is 23.5 Å². The third kappa shape index (κ3) is 3.13. The molecule has 1 atom stereocenters. The Morgan fingerprint density at radius 3 is 2.52 bits per heavy atom. The van der Waals surface area contributed by atoms with Crippen LogP contribution >= 0.6 is 0 Å². The van der Waals surface area contributed by atoms with Crippen LogP contribution in [0.2, 0.25) is 0 Å². The number of methoxy groups -OCH3 is 2. The Kier molecular flexibility index (Phi) is 4.46. The number of hydrogen-bond donors (Lipinski definition) is 1. The summed E-state index contributed by atoms with van der Waals surface area (Å²) in [5, 5.41) is 4.46. The van der Waals surface area contributed by atoms with E-state index in [1.165, 1.54) is 13.2 Å². The molecule has 120 valence electrons. The number of hydrogen-bond acceptors (Lipinski definition) is 4. The monoisotopic (exact) mass is 314 g/mol. The summed E-state index contributed by atoms with van der Waals surface area (Å²) < 4.78 is 24.2. The Hall–Kier alpha value is -2.56. The zero-order chi connectivity index (χ0) is 16.2. The van der Waals surface area contributed by atoms with Gasteiger partial charge in [0.25, 0.3) is 0 Å². The highest BCUT2D eigenvalue weighted by Crippen LogP contribution is 2.30. The number of ether oxygens (including phenoxy) is 2. The van der Waals surface area contributed by atoms with E-state index >= 15 is 0 Å². The second-order valence-electron chi connectivity index (χ2n) is 5.37. The van der Waals surface area contributed by atoms with E-state index in [1.54, 1.807) is 13.2 Å². The highest BCUT2D eigenvalue weighted by Gasteiger charge is 2.24. The lowest BCUT2D eigenvalue weighted by molar-refractivity contribution is 0.386. The molecule has 0 aliphatic carbocycles. The lowest BCUT2D eigenvalue weighted by Crippen LogP contribution is -2.27. The van der Waals surface area contributed by atoms with Gasteiger partial charge in [0.1, 0.15) is 5.75 Å². The minimum absolute atomic E-state index is 0.0463. The first kappa shape index (κ1) is 15.3. The topological polar surface area (TPSA) is 42.8 Å². The SMILES string of the molecule is COc1ccc(C2=NNCCC2c2ccc(OC)c(F)c2)cc1. The third-order valence-electron chi connectivity index (χ3n) is 4.04. The van der Waals surface area contributed by atoms with Gasteiger partial charge >= 0.3 is 0 Å². The van der Waals surface area contributed by atoms with Crippen molar-refractivity contribution in [3.05, 3.63) is 59.4 Å². The van der Waals surface area contributed by atoms with E-state index in [-0.39, 0.29) is 17.5 Å². The molecule has 0 radical (unpaired) electrons. The largest absolute Gasteiger partial charge is 0.497 e. The van der Waals surface area contributed by atoms with Crippen molar-refractivity contribution in [2.75, 3.05) is 20.8 Å². The van der Waals surface area contributed by atoms with Gasteiger partial charge in [-0.3, -0.25) is 0 Å². The van der Waals surface area contributed by atoms with Crippen LogP contribution in [-0.4, -0.2) is 26.5 Å². The van der Waals surface area contributed by atoms with Crippen molar-refractivity contribution < 1.29 is 13.9 Å². The Labute approximate surface area is 134 Å². The number of rotatable bonds is 4. The first-order valence-corrected chi connectivity index (χ1v) is 7.51. The van der Waals surface area contributed by atoms with E-state index in [2.05, 4.69) is 10.5 Å². The Morgan fingerprint density at radius 2 is 1.87 bits per heavy atom. The van der Waals surface area contributed by atoms with Crippen molar-refractivity contribution in [3.8, 4) is 11.5 Å². The molecule has 4 nitrogen and oxygen atoms in total. The number of hydrazone groups is 1. The molecule has 0 fully saturated rings. The molecule has 1 heterocycles. The molecule has 23 heavy (non-hydrogen) atoms. The van der Waals surface area contributed by atoms with E-state index in [0.717, 1.165) is 35.6 Å². The highest BCUT2D eigenvalue weighted by molar-refractivity contribution is 6.05. The van der Waals surface area contributed by atoms with E-state index in [0.29, 0.717) is 0 Å². The van der Waals surface area contributed by atoms with Crippen LogP contribution in [0.4, 0.5) is 4.39 Å². The van der Waals surface area contributed by atoms with Gasteiger partial charge in [-0.15, -0.1) is 0 Å². The molecule has 5 heteroatoms. The van der Waals surface area contributed by atoms with Gasteiger partial charge in [-0.1, -0.05) is 6.07 Å². The number of halogens is 1. The van der Waals surface area contributed by atoms with Crippen LogP contribution in [0.15, 0.2) is 47.6 Å². The van der Waals surface area contributed by atoms with Crippen molar-refractivity contribution in [2.24, 2.45) is 5.10 Å². The van der Waals surface area contributed by atoms with Crippen LogP contribution in [0, 0.1) is 5.82 Å². The molecular weight excluding hydrogens is 295 g/mol. The van der Waals surface area contributed by atoms with Gasteiger partial charge in [-0.05, 0) is 53.9 Å². The molecule has 0 saturated heterocycles. The Morgan fingerprint density at radius 1 is 1.09 bits per heavy atom. The van der Waals surface area contributed by atoms with Crippen molar-refractivity contribution >= 4 is 5.71 Å². The van der Waals surface area contributed by atoms with E-state index in [9.17, 15) is 4.39 Å². The van der Waals surface area contributed by atoms with E-state index < -0.39 is 0 Å². The maximum Gasteiger partial charge on any atom is 0.165 e. The fourth-order valence-electron chi connectivity index (χ4n) is 2.82. The van der Waals surface area contributed by atoms with Crippen LogP contribution in [0.25, 0.3) is 0 Å². The summed E-state index contributed by atoms with van der Waals surface area (Å²) in [6, 6.07) is 12.8. The van der Waals surface area contributed by atoms with Crippen molar-refractivity contribution in [3.63, 3.8) is 0 Å². The maximum atomic E-state index is 14.0. The van der Waals surface area contributed by atoms with E-state index in [1.807, 2.05) is 30.3 Å². The molecular formula is C18H19FN2O2. The molecule has 1 aliphatic rings. The predicted octanol–water partition coefficient (Wildman–Crippen LogP) is 3.32. The summed E-state index contributed by atoms with van der Waals surface area (Å²) >= 11 is 0. The van der Waals surface area contributed by atoms with Gasteiger partial charge in [-0.2, -0.15) is 5.10 Å². The number of nitrogens with one attached hydrogen (secondary N) is 1. The summed E-state index contributed by atoms with van der Waals surface area (Å²) in [5.41, 5.74) is 5.84. The Bertz CT molecular complexity index is 713. The second-order valence-corrected chi connectivity index (χ2v) is 5.37. The average Bonchev–Trinajstić information content (AvgIpc) is 2.62. The lowest BCUT2D eigenvalue weighted by Gasteiger charge is -2.24. The standard InChI is InChI=1S/C18H19FN2O2/c1-22-14-6-3-12(4-7-14)18-15(9-10-20-21-18)13-5-8-17(23-2)16(19)11-13/h3-8,11,15,20H,9-10H2,1-2H3. The van der Waals surface area contributed by atoms with Crippen LogP contribution < -0.4 is 14.9 Å². The number of benzene rings is 2. The molecule has 1 unspecified atom stereocenters. The molecule has 0 spiro atoms. The zero-order valence-corrected chi connectivity index (χ0v) is 13.2. The van der Waals surface area contributed by atoms with Gasteiger partial charge in [0.15, 0.2) is 11.6 Å². The fraction of sp³-hybridized carbons (Fsp3) is 0.278. The fourth-order valence-corrected chi connectivity index (χ4v) is 2.82. The van der Waals surface area contributed by atoms with Crippen LogP contribution in [0.5, 0.6) is 11.5 Å². The van der Waals surface area contributed by atoms with E-state index in [4.69, 9.17) is 9.47 Å². The predicted molar refractivity (Wildman–Crippen MR) is 87.8 cm³/mol. The van der Waals surface area contributed by atoms with Crippen molar-refractivity contribution in [1.82, 2.24) is 5.43 Å². The molecule has 0 saturated carbocycles. The smallest absolute Gasteiger partial charge is 0.165 e. The molecule has 1 N–H and O–H groups in total. The zero-order valence-electron chi connectivity index (χ0n) is 13.2. The van der Waals surface area contributed by atoms with Crippen molar-refractivity contribution in [1.29, 1.82) is 0 Å². The molecule has 0 bridgehead atoms. The third-order valence-corrected chi connectivity index (χ3v) is 4.04. The second kappa shape index (κ2) is 6.69. The molecule has 2 aromatic rings. The molecule has 0 aromatic heterocycles. The van der Waals surface area contributed by atoms with Gasteiger partial charge in [0.2, 0.25) is 0 Å². The van der Waals surface area contributed by atoms with Gasteiger partial charge in [0, 0.05) is 12.5 Å². The van der Waals surface area contributed by atoms with Crippen LogP contribution in [-0.2, 0) is 0 Å². The average molecular weight is 314 g/mol. The summed E-state index contributed by atoms with van der Waals surface area (Å²) in [4.78, 5) is 0. The first-order chi connectivity index (χ1) is 11.2. The lowest BCUT2D eigenvalue weighted by atomic mass is 9.86. The van der Waals surface area contributed by atoms with Gasteiger partial charge in [0.05, 0.1) is 19.9 Å². The van der Waals surface area contributed by atoms with Gasteiger partial charge < -0.3 is 14.9 Å². The summed E-state index contributed by atoms with van der Waals surface area (Å²) in [5.74, 6) is 0.749. The minimum atomic E-state index is -0.349. The molecule has 2 aromatic carbocycles. The molecule has 0 amide bonds. The highest BCUT2D eigenvalue weighted by atomic mass is 19.1. The quantitative estimate of drug-likeness (QED) is 0.941.